The van der Waals surface area contributed by atoms with Gasteiger partial charge in [-0.05, 0) is 54.4 Å². The van der Waals surface area contributed by atoms with Crippen LogP contribution in [0.4, 0.5) is 5.69 Å². The number of nitrogens with zero attached hydrogens (tertiary/aromatic N) is 3. The number of hydrogen-bond donors (Lipinski definition) is 1. The van der Waals surface area contributed by atoms with Gasteiger partial charge in [-0.1, -0.05) is 6.07 Å². The molecular formula is C13H17BrN4. The van der Waals surface area contributed by atoms with Crippen LogP contribution in [0, 0.1) is 6.92 Å². The molecule has 0 saturated heterocycles. The van der Waals surface area contributed by atoms with Gasteiger partial charge in [0, 0.05) is 16.2 Å². The van der Waals surface area contributed by atoms with E-state index in [9.17, 15) is 0 Å². The van der Waals surface area contributed by atoms with E-state index in [2.05, 4.69) is 64.2 Å². The van der Waals surface area contributed by atoms with Gasteiger partial charge in [-0.25, -0.2) is 9.67 Å². The summed E-state index contributed by atoms with van der Waals surface area (Å²) in [6.45, 7) is 6.94. The Morgan fingerprint density at radius 3 is 2.89 bits per heavy atom. The van der Waals surface area contributed by atoms with Crippen LogP contribution >= 0.6 is 15.9 Å². The van der Waals surface area contributed by atoms with E-state index in [1.54, 1.807) is 6.33 Å². The monoisotopic (exact) mass is 308 g/mol. The Balaban J connectivity index is 2.11. The molecule has 0 aliphatic rings. The molecule has 4 nitrogen and oxygen atoms in total. The number of hydrogen-bond acceptors (Lipinski definition) is 3. The maximum absolute atomic E-state index is 4.28. The largest absolute Gasteiger partial charge is 0.377 e. The van der Waals surface area contributed by atoms with Gasteiger partial charge in [0.05, 0.1) is 6.54 Å². The van der Waals surface area contributed by atoms with Crippen LogP contribution in [0.1, 0.15) is 31.3 Å². The highest BCUT2D eigenvalue weighted by atomic mass is 79.9. The third-order valence-corrected chi connectivity index (χ3v) is 3.39. The molecule has 0 aliphatic carbocycles. The van der Waals surface area contributed by atoms with Gasteiger partial charge < -0.3 is 5.32 Å². The van der Waals surface area contributed by atoms with Crippen molar-refractivity contribution in [1.29, 1.82) is 0 Å². The number of aryl methyl sites for hydroxylation is 1. The van der Waals surface area contributed by atoms with Crippen molar-refractivity contribution in [1.82, 2.24) is 14.8 Å². The number of anilines is 1. The first-order chi connectivity index (χ1) is 8.58. The van der Waals surface area contributed by atoms with E-state index < -0.39 is 0 Å². The summed E-state index contributed by atoms with van der Waals surface area (Å²) < 4.78 is 2.99. The third-order valence-electron chi connectivity index (χ3n) is 2.70. The van der Waals surface area contributed by atoms with Gasteiger partial charge >= 0.3 is 0 Å². The van der Waals surface area contributed by atoms with E-state index in [-0.39, 0.29) is 0 Å². The van der Waals surface area contributed by atoms with Crippen molar-refractivity contribution in [2.75, 3.05) is 5.32 Å². The van der Waals surface area contributed by atoms with Crippen LogP contribution in [0.3, 0.4) is 0 Å². The van der Waals surface area contributed by atoms with Gasteiger partial charge in [-0.3, -0.25) is 0 Å². The number of rotatable bonds is 4. The Morgan fingerprint density at radius 1 is 1.39 bits per heavy atom. The second-order valence-electron chi connectivity index (χ2n) is 4.55. The van der Waals surface area contributed by atoms with E-state index in [0.717, 1.165) is 16.0 Å². The maximum Gasteiger partial charge on any atom is 0.146 e. The molecule has 2 rings (SSSR count). The molecule has 1 aromatic heterocycles. The highest BCUT2D eigenvalue weighted by molar-refractivity contribution is 9.10. The number of halogens is 1. The van der Waals surface area contributed by atoms with Crippen molar-refractivity contribution in [3.8, 4) is 0 Å². The smallest absolute Gasteiger partial charge is 0.146 e. The summed E-state index contributed by atoms with van der Waals surface area (Å²) in [5, 5.41) is 7.60. The molecule has 96 valence electrons. The minimum atomic E-state index is 0.324. The average Bonchev–Trinajstić information content (AvgIpc) is 2.79. The van der Waals surface area contributed by atoms with Gasteiger partial charge in [-0.15, -0.1) is 0 Å². The second-order valence-corrected chi connectivity index (χ2v) is 5.41. The zero-order valence-electron chi connectivity index (χ0n) is 10.8. The summed E-state index contributed by atoms with van der Waals surface area (Å²) in [6.07, 6.45) is 1.60. The van der Waals surface area contributed by atoms with E-state index in [4.69, 9.17) is 0 Å². The molecule has 0 radical (unpaired) electrons. The lowest BCUT2D eigenvalue weighted by molar-refractivity contribution is 0.509. The van der Waals surface area contributed by atoms with Crippen molar-refractivity contribution in [2.24, 2.45) is 0 Å². The zero-order valence-corrected chi connectivity index (χ0v) is 12.4. The van der Waals surface area contributed by atoms with Crippen LogP contribution < -0.4 is 5.32 Å². The minimum absolute atomic E-state index is 0.324. The lowest BCUT2D eigenvalue weighted by Crippen LogP contribution is -2.12. The molecule has 0 atom stereocenters. The van der Waals surface area contributed by atoms with Crippen molar-refractivity contribution in [3.63, 3.8) is 0 Å². The molecule has 1 aromatic carbocycles. The molecule has 1 N–H and O–H groups in total. The molecule has 2 aromatic rings. The van der Waals surface area contributed by atoms with Crippen molar-refractivity contribution in [3.05, 3.63) is 40.4 Å². The van der Waals surface area contributed by atoms with E-state index in [1.165, 1.54) is 5.56 Å². The first-order valence-corrected chi connectivity index (χ1v) is 6.75. The fraction of sp³-hybridized carbons (Fsp3) is 0.385. The lowest BCUT2D eigenvalue weighted by Gasteiger charge is -2.12. The van der Waals surface area contributed by atoms with Crippen molar-refractivity contribution < 1.29 is 0 Å². The van der Waals surface area contributed by atoms with Gasteiger partial charge in [0.15, 0.2) is 0 Å². The van der Waals surface area contributed by atoms with Crippen LogP contribution in [0.15, 0.2) is 29.0 Å². The van der Waals surface area contributed by atoms with Crippen molar-refractivity contribution >= 4 is 21.6 Å². The van der Waals surface area contributed by atoms with Crippen LogP contribution in [-0.2, 0) is 6.54 Å². The third kappa shape index (κ3) is 2.90. The normalized spacial score (nSPS) is 10.9. The molecule has 0 aliphatic heterocycles. The van der Waals surface area contributed by atoms with Gasteiger partial charge in [0.1, 0.15) is 12.2 Å². The SMILES string of the molecule is Cc1ccc(Br)c(NCc2ncnn2C(C)C)c1. The van der Waals surface area contributed by atoms with E-state index >= 15 is 0 Å². The fourth-order valence-electron chi connectivity index (χ4n) is 1.78. The molecular weight excluding hydrogens is 292 g/mol. The van der Waals surface area contributed by atoms with Crippen LogP contribution in [-0.4, -0.2) is 14.8 Å². The predicted octanol–water partition coefficient (Wildman–Crippen LogP) is 3.54. The summed E-state index contributed by atoms with van der Waals surface area (Å²) in [7, 11) is 0. The molecule has 0 spiro atoms. The summed E-state index contributed by atoms with van der Waals surface area (Å²) >= 11 is 3.54. The van der Waals surface area contributed by atoms with Crippen molar-refractivity contribution in [2.45, 2.75) is 33.4 Å². The maximum atomic E-state index is 4.28. The van der Waals surface area contributed by atoms with Gasteiger partial charge in [0.2, 0.25) is 0 Å². The predicted molar refractivity (Wildman–Crippen MR) is 76.6 cm³/mol. The number of aromatic nitrogens is 3. The van der Waals surface area contributed by atoms with Crippen LogP contribution in [0.5, 0.6) is 0 Å². The Bertz CT molecular complexity index is 534. The Hall–Kier alpha value is -1.36. The first-order valence-electron chi connectivity index (χ1n) is 5.96. The summed E-state index contributed by atoms with van der Waals surface area (Å²) in [6, 6.07) is 6.56. The van der Waals surface area contributed by atoms with Gasteiger partial charge in [0.25, 0.3) is 0 Å². The Kier molecular flexibility index (Phi) is 4.01. The highest BCUT2D eigenvalue weighted by Crippen LogP contribution is 2.23. The van der Waals surface area contributed by atoms with E-state index in [0.29, 0.717) is 12.6 Å². The number of benzene rings is 1. The number of nitrogens with one attached hydrogen (secondary N) is 1. The molecule has 1 heterocycles. The van der Waals surface area contributed by atoms with Crippen LogP contribution in [0.2, 0.25) is 0 Å². The molecule has 0 bridgehead atoms. The Labute approximate surface area is 116 Å². The zero-order chi connectivity index (χ0) is 13.1. The molecule has 0 unspecified atom stereocenters. The minimum Gasteiger partial charge on any atom is -0.377 e. The topological polar surface area (TPSA) is 42.7 Å². The molecule has 0 amide bonds. The first kappa shape index (κ1) is 13.1. The summed E-state index contributed by atoms with van der Waals surface area (Å²) in [4.78, 5) is 4.28. The average molecular weight is 309 g/mol. The molecule has 18 heavy (non-hydrogen) atoms. The lowest BCUT2D eigenvalue weighted by atomic mass is 10.2. The second kappa shape index (κ2) is 5.52. The summed E-state index contributed by atoms with van der Waals surface area (Å²) in [5.74, 6) is 0.943. The van der Waals surface area contributed by atoms with Gasteiger partial charge in [-0.2, -0.15) is 5.10 Å². The molecule has 5 heteroatoms. The quantitative estimate of drug-likeness (QED) is 0.939. The summed E-state index contributed by atoms with van der Waals surface area (Å²) in [5.41, 5.74) is 2.30. The molecule has 0 fully saturated rings. The fourth-order valence-corrected chi connectivity index (χ4v) is 2.17. The molecule has 0 saturated carbocycles. The standard InChI is InChI=1S/C13H17BrN4/c1-9(2)18-13(16-8-17-18)7-15-12-6-10(3)4-5-11(12)14/h4-6,8-9,15H,7H2,1-3H3. The Morgan fingerprint density at radius 2 is 2.17 bits per heavy atom. The van der Waals surface area contributed by atoms with Crippen LogP contribution in [0.25, 0.3) is 0 Å². The highest BCUT2D eigenvalue weighted by Gasteiger charge is 2.08. The van der Waals surface area contributed by atoms with E-state index in [1.807, 2.05) is 10.7 Å².